The largest absolute Gasteiger partial charge is 0.326 e. The number of carbonyl (C=O) groups is 2. The number of rotatable bonds is 5. The second-order valence-corrected chi connectivity index (χ2v) is 8.91. The van der Waals surface area contributed by atoms with Gasteiger partial charge in [0.25, 0.3) is 0 Å². The molecule has 2 saturated carbocycles. The smallest absolute Gasteiger partial charge is 0.248 e. The lowest BCUT2D eigenvalue weighted by Gasteiger charge is -2.21. The third-order valence-electron chi connectivity index (χ3n) is 6.36. The van der Waals surface area contributed by atoms with Crippen LogP contribution in [-0.4, -0.2) is 21.6 Å². The fraction of sp³-hybridized carbons (Fsp3) is 0.500. The van der Waals surface area contributed by atoms with Gasteiger partial charge in [0.2, 0.25) is 11.8 Å². The van der Waals surface area contributed by atoms with Crippen LogP contribution in [0, 0.1) is 31.6 Å². The number of nitrogens with zero attached hydrogens (tertiary/aromatic N) is 2. The summed E-state index contributed by atoms with van der Waals surface area (Å²) < 4.78 is 1.70. The molecule has 2 aliphatic rings. The van der Waals surface area contributed by atoms with Crippen molar-refractivity contribution in [1.29, 1.82) is 0 Å². The zero-order chi connectivity index (χ0) is 20.7. The van der Waals surface area contributed by atoms with Crippen LogP contribution in [0.1, 0.15) is 50.0 Å². The van der Waals surface area contributed by atoms with Crippen molar-refractivity contribution in [2.24, 2.45) is 17.8 Å². The third kappa shape index (κ3) is 4.04. The summed E-state index contributed by atoms with van der Waals surface area (Å²) in [6.07, 6.45) is 4.63. The molecular weight excluding hydrogens is 388 g/mol. The molecule has 2 aromatic rings. The number of amides is 2. The van der Waals surface area contributed by atoms with Crippen molar-refractivity contribution in [2.45, 2.75) is 52.5 Å². The Balaban J connectivity index is 1.40. The molecule has 1 aromatic heterocycles. The molecule has 0 saturated heterocycles. The van der Waals surface area contributed by atoms with Gasteiger partial charge in [-0.1, -0.05) is 18.0 Å². The van der Waals surface area contributed by atoms with Gasteiger partial charge in [-0.2, -0.15) is 5.10 Å². The maximum Gasteiger partial charge on any atom is 0.248 e. The van der Waals surface area contributed by atoms with E-state index in [-0.39, 0.29) is 17.7 Å². The van der Waals surface area contributed by atoms with Crippen LogP contribution in [0.4, 0.5) is 11.4 Å². The number of hydrogen-bond acceptors (Lipinski definition) is 3. The molecule has 4 atom stereocenters. The maximum atomic E-state index is 12.6. The molecule has 6 nitrogen and oxygen atoms in total. The van der Waals surface area contributed by atoms with Gasteiger partial charge >= 0.3 is 0 Å². The fourth-order valence-electron chi connectivity index (χ4n) is 4.88. The van der Waals surface area contributed by atoms with Crippen LogP contribution < -0.4 is 10.6 Å². The minimum atomic E-state index is -0.461. The summed E-state index contributed by atoms with van der Waals surface area (Å²) in [6.45, 7) is 5.62. The van der Waals surface area contributed by atoms with E-state index in [4.69, 9.17) is 11.6 Å². The van der Waals surface area contributed by atoms with Crippen LogP contribution >= 0.6 is 11.6 Å². The van der Waals surface area contributed by atoms with Gasteiger partial charge in [-0.3, -0.25) is 14.3 Å². The fourth-order valence-corrected chi connectivity index (χ4v) is 5.11. The van der Waals surface area contributed by atoms with Crippen molar-refractivity contribution in [3.8, 4) is 0 Å². The van der Waals surface area contributed by atoms with Gasteiger partial charge in [0.1, 0.15) is 6.04 Å². The monoisotopic (exact) mass is 414 g/mol. The lowest BCUT2D eigenvalue weighted by atomic mass is 9.88. The van der Waals surface area contributed by atoms with E-state index in [9.17, 15) is 9.59 Å². The molecule has 0 spiro atoms. The molecule has 4 rings (SSSR count). The van der Waals surface area contributed by atoms with E-state index in [1.807, 2.05) is 19.9 Å². The van der Waals surface area contributed by atoms with Gasteiger partial charge in [-0.15, -0.1) is 0 Å². The molecule has 2 N–H and O–H groups in total. The van der Waals surface area contributed by atoms with Crippen molar-refractivity contribution in [1.82, 2.24) is 9.78 Å². The molecule has 29 heavy (non-hydrogen) atoms. The first-order chi connectivity index (χ1) is 13.8. The van der Waals surface area contributed by atoms with Crippen LogP contribution in [0.15, 0.2) is 24.3 Å². The van der Waals surface area contributed by atoms with E-state index in [0.29, 0.717) is 22.3 Å². The number of carbonyl (C=O) groups excluding carboxylic acids is 2. The summed E-state index contributed by atoms with van der Waals surface area (Å²) in [7, 11) is 0. The van der Waals surface area contributed by atoms with Gasteiger partial charge in [-0.25, -0.2) is 0 Å². The molecule has 154 valence electrons. The van der Waals surface area contributed by atoms with Gasteiger partial charge in [0, 0.05) is 17.3 Å². The highest BCUT2D eigenvalue weighted by molar-refractivity contribution is 6.34. The van der Waals surface area contributed by atoms with Crippen molar-refractivity contribution in [2.75, 3.05) is 10.6 Å². The Morgan fingerprint density at radius 2 is 1.97 bits per heavy atom. The maximum absolute atomic E-state index is 12.6. The summed E-state index contributed by atoms with van der Waals surface area (Å²) in [5.74, 6) is 1.26. The van der Waals surface area contributed by atoms with Gasteiger partial charge in [0.15, 0.2) is 0 Å². The number of benzene rings is 1. The zero-order valence-electron chi connectivity index (χ0n) is 17.0. The Labute approximate surface area is 176 Å². The highest BCUT2D eigenvalue weighted by Gasteiger charge is 2.43. The Bertz CT molecular complexity index is 954. The predicted octanol–water partition coefficient (Wildman–Crippen LogP) is 4.73. The van der Waals surface area contributed by atoms with E-state index in [2.05, 4.69) is 15.7 Å². The Morgan fingerprint density at radius 3 is 2.55 bits per heavy atom. The number of aryl methyl sites for hydroxylation is 2. The first-order valence-corrected chi connectivity index (χ1v) is 10.6. The molecule has 2 bridgehead atoms. The van der Waals surface area contributed by atoms with Crippen LogP contribution in [0.5, 0.6) is 0 Å². The van der Waals surface area contributed by atoms with E-state index >= 15 is 0 Å². The lowest BCUT2D eigenvalue weighted by molar-refractivity contribution is -0.121. The molecule has 0 radical (unpaired) electrons. The van der Waals surface area contributed by atoms with Crippen molar-refractivity contribution >= 4 is 34.8 Å². The second-order valence-electron chi connectivity index (χ2n) is 8.50. The van der Waals surface area contributed by atoms with E-state index < -0.39 is 6.04 Å². The second kappa shape index (κ2) is 7.82. The summed E-state index contributed by atoms with van der Waals surface area (Å²) in [6, 6.07) is 6.67. The molecule has 1 heterocycles. The van der Waals surface area contributed by atoms with Crippen LogP contribution in [-0.2, 0) is 9.59 Å². The van der Waals surface area contributed by atoms with Gasteiger partial charge in [-0.05, 0) is 76.1 Å². The molecule has 2 fully saturated rings. The highest BCUT2D eigenvalue weighted by Crippen LogP contribution is 2.48. The van der Waals surface area contributed by atoms with Crippen molar-refractivity contribution < 1.29 is 9.59 Å². The Morgan fingerprint density at radius 1 is 1.17 bits per heavy atom. The predicted molar refractivity (Wildman–Crippen MR) is 114 cm³/mol. The summed E-state index contributed by atoms with van der Waals surface area (Å²) >= 11 is 6.38. The minimum Gasteiger partial charge on any atom is -0.326 e. The third-order valence-corrected chi connectivity index (χ3v) is 6.67. The number of halogens is 1. The first-order valence-electron chi connectivity index (χ1n) is 10.3. The SMILES string of the molecule is Cc1cc(C)n(C(C)C(=O)Nc2ccc(NC(=O)C3CC4CCC3C4)cc2Cl)n1. The average Bonchev–Trinajstić information content (AvgIpc) is 3.38. The minimum absolute atomic E-state index is 0.0863. The summed E-state index contributed by atoms with van der Waals surface area (Å²) in [4.78, 5) is 25.3. The van der Waals surface area contributed by atoms with Crippen LogP contribution in [0.3, 0.4) is 0 Å². The number of aromatic nitrogens is 2. The quantitative estimate of drug-likeness (QED) is 0.742. The molecule has 4 unspecified atom stereocenters. The van der Waals surface area contributed by atoms with Crippen molar-refractivity contribution in [3.05, 3.63) is 40.7 Å². The number of nitrogens with one attached hydrogen (secondary N) is 2. The average molecular weight is 415 g/mol. The topological polar surface area (TPSA) is 76.0 Å². The van der Waals surface area contributed by atoms with E-state index in [1.165, 1.54) is 19.3 Å². The van der Waals surface area contributed by atoms with Crippen LogP contribution in [0.25, 0.3) is 0 Å². The van der Waals surface area contributed by atoms with Gasteiger partial charge < -0.3 is 10.6 Å². The number of fused-ring (bicyclic) bond motifs is 2. The molecule has 2 aliphatic carbocycles. The van der Waals surface area contributed by atoms with Gasteiger partial charge in [0.05, 0.1) is 16.4 Å². The molecule has 0 aliphatic heterocycles. The normalized spacial score (nSPS) is 23.8. The van der Waals surface area contributed by atoms with E-state index in [0.717, 1.165) is 23.7 Å². The number of anilines is 2. The Kier molecular flexibility index (Phi) is 5.38. The zero-order valence-corrected chi connectivity index (χ0v) is 17.8. The highest BCUT2D eigenvalue weighted by atomic mass is 35.5. The molecule has 1 aromatic carbocycles. The molecule has 2 amide bonds. The summed E-state index contributed by atoms with van der Waals surface area (Å²) in [5, 5.41) is 10.6. The molecule has 7 heteroatoms. The molecular formula is C22H27ClN4O2. The first kappa shape index (κ1) is 20.0. The van der Waals surface area contributed by atoms with E-state index in [1.54, 1.807) is 29.8 Å². The Hall–Kier alpha value is -2.34. The number of hydrogen-bond donors (Lipinski definition) is 2. The standard InChI is InChI=1S/C22H27ClN4O2/c1-12-8-13(2)27(26-12)14(3)21(28)25-20-7-6-17(11-19(20)23)24-22(29)18-10-15-4-5-16(18)9-15/h6-8,11,14-16,18H,4-5,9-10H2,1-3H3,(H,24,29)(H,25,28). The summed E-state index contributed by atoms with van der Waals surface area (Å²) in [5.41, 5.74) is 2.97. The van der Waals surface area contributed by atoms with Crippen molar-refractivity contribution in [3.63, 3.8) is 0 Å². The lowest BCUT2D eigenvalue weighted by Crippen LogP contribution is -2.27. The van der Waals surface area contributed by atoms with Crippen LogP contribution in [0.2, 0.25) is 5.02 Å².